The maximum Gasteiger partial charge on any atom is 0.313 e. The second-order valence-corrected chi connectivity index (χ2v) is 6.51. The standard InChI is InChI=1S/C20H17NO3S/c1-14-10-12-16(13-11-14)25-24-20-18(8-5-9-19(20)21(22)23)17-7-4-3-6-15(17)2/h3-13H,1-2H3. The molecule has 0 spiro atoms. The summed E-state index contributed by atoms with van der Waals surface area (Å²) in [5.41, 5.74) is 3.78. The van der Waals surface area contributed by atoms with Crippen LogP contribution < -0.4 is 4.18 Å². The van der Waals surface area contributed by atoms with Crippen LogP contribution in [0.1, 0.15) is 11.1 Å². The van der Waals surface area contributed by atoms with E-state index in [-0.39, 0.29) is 11.4 Å². The smallest absolute Gasteiger partial charge is 0.313 e. The molecule has 25 heavy (non-hydrogen) atoms. The zero-order valence-corrected chi connectivity index (χ0v) is 14.7. The second kappa shape index (κ2) is 7.40. The van der Waals surface area contributed by atoms with Gasteiger partial charge < -0.3 is 4.18 Å². The Morgan fingerprint density at radius 2 is 1.56 bits per heavy atom. The molecule has 0 saturated heterocycles. The first-order chi connectivity index (χ1) is 12.1. The van der Waals surface area contributed by atoms with Crippen molar-refractivity contribution in [2.45, 2.75) is 18.7 Å². The van der Waals surface area contributed by atoms with E-state index < -0.39 is 4.92 Å². The third-order valence-corrected chi connectivity index (χ3v) is 4.58. The summed E-state index contributed by atoms with van der Waals surface area (Å²) < 4.78 is 5.84. The maximum absolute atomic E-state index is 11.5. The topological polar surface area (TPSA) is 52.4 Å². The monoisotopic (exact) mass is 351 g/mol. The van der Waals surface area contributed by atoms with E-state index in [1.165, 1.54) is 6.07 Å². The van der Waals surface area contributed by atoms with Crippen molar-refractivity contribution in [3.63, 3.8) is 0 Å². The highest BCUT2D eigenvalue weighted by molar-refractivity contribution is 7.95. The predicted octanol–water partition coefficient (Wildman–Crippen LogP) is 5.96. The van der Waals surface area contributed by atoms with Crippen molar-refractivity contribution in [1.82, 2.24) is 0 Å². The lowest BCUT2D eigenvalue weighted by Crippen LogP contribution is -1.96. The second-order valence-electron chi connectivity index (χ2n) is 5.71. The van der Waals surface area contributed by atoms with Crippen molar-refractivity contribution in [1.29, 1.82) is 0 Å². The number of hydrogen-bond acceptors (Lipinski definition) is 4. The number of rotatable bonds is 5. The Bertz CT molecular complexity index is 907. The number of benzene rings is 3. The highest BCUT2D eigenvalue weighted by Gasteiger charge is 2.21. The SMILES string of the molecule is Cc1ccc(SOc2c(-c3ccccc3C)cccc2[N+](=O)[O-])cc1. The molecule has 0 aliphatic carbocycles. The van der Waals surface area contributed by atoms with Crippen molar-refractivity contribution in [3.05, 3.63) is 88.0 Å². The van der Waals surface area contributed by atoms with E-state index in [1.807, 2.05) is 68.4 Å². The van der Waals surface area contributed by atoms with Gasteiger partial charge >= 0.3 is 5.69 Å². The van der Waals surface area contributed by atoms with Crippen LogP contribution in [0.25, 0.3) is 11.1 Å². The van der Waals surface area contributed by atoms with Gasteiger partial charge in [-0.15, -0.1) is 0 Å². The van der Waals surface area contributed by atoms with E-state index in [4.69, 9.17) is 4.18 Å². The molecule has 0 radical (unpaired) electrons. The third-order valence-electron chi connectivity index (χ3n) is 3.87. The average molecular weight is 351 g/mol. The molecule has 126 valence electrons. The predicted molar refractivity (Wildman–Crippen MR) is 101 cm³/mol. The summed E-state index contributed by atoms with van der Waals surface area (Å²) in [5, 5.41) is 11.5. The Labute approximate surface area is 150 Å². The first-order valence-electron chi connectivity index (χ1n) is 7.81. The fourth-order valence-corrected chi connectivity index (χ4v) is 3.13. The van der Waals surface area contributed by atoms with Crippen LogP contribution in [0.3, 0.4) is 0 Å². The minimum Gasteiger partial charge on any atom is -0.413 e. The molecule has 0 N–H and O–H groups in total. The summed E-state index contributed by atoms with van der Waals surface area (Å²) >= 11 is 1.12. The molecule has 5 heteroatoms. The Kier molecular flexibility index (Phi) is 5.05. The Morgan fingerprint density at radius 3 is 2.24 bits per heavy atom. The van der Waals surface area contributed by atoms with Crippen LogP contribution in [-0.2, 0) is 0 Å². The average Bonchev–Trinajstić information content (AvgIpc) is 2.61. The van der Waals surface area contributed by atoms with E-state index in [0.717, 1.165) is 33.6 Å². The van der Waals surface area contributed by atoms with Crippen molar-refractivity contribution in [2.75, 3.05) is 0 Å². The van der Waals surface area contributed by atoms with Crippen molar-refractivity contribution in [3.8, 4) is 16.9 Å². The Morgan fingerprint density at radius 1 is 0.880 bits per heavy atom. The van der Waals surface area contributed by atoms with Gasteiger partial charge in [-0.2, -0.15) is 0 Å². The van der Waals surface area contributed by atoms with Crippen molar-refractivity contribution < 1.29 is 9.11 Å². The molecule has 0 bridgehead atoms. The van der Waals surface area contributed by atoms with E-state index in [9.17, 15) is 10.1 Å². The van der Waals surface area contributed by atoms with Gasteiger partial charge in [0.25, 0.3) is 0 Å². The first-order valence-corrected chi connectivity index (χ1v) is 8.55. The summed E-state index contributed by atoms with van der Waals surface area (Å²) in [6.45, 7) is 3.98. The van der Waals surface area contributed by atoms with E-state index >= 15 is 0 Å². The number of aryl methyl sites for hydroxylation is 2. The summed E-state index contributed by atoms with van der Waals surface area (Å²) in [5.74, 6) is 0.271. The molecule has 0 aromatic heterocycles. The minimum atomic E-state index is -0.410. The van der Waals surface area contributed by atoms with Gasteiger partial charge in [-0.1, -0.05) is 54.1 Å². The molecule has 3 aromatic carbocycles. The van der Waals surface area contributed by atoms with Crippen LogP contribution in [0.15, 0.2) is 71.6 Å². The van der Waals surface area contributed by atoms with Crippen LogP contribution >= 0.6 is 12.0 Å². The molecule has 0 aliphatic heterocycles. The van der Waals surface area contributed by atoms with Crippen LogP contribution in [0.4, 0.5) is 5.69 Å². The van der Waals surface area contributed by atoms with Gasteiger partial charge in [0, 0.05) is 16.5 Å². The summed E-state index contributed by atoms with van der Waals surface area (Å²) in [7, 11) is 0. The zero-order valence-electron chi connectivity index (χ0n) is 13.9. The summed E-state index contributed by atoms with van der Waals surface area (Å²) in [6, 6.07) is 20.6. The van der Waals surface area contributed by atoms with E-state index in [0.29, 0.717) is 5.56 Å². The van der Waals surface area contributed by atoms with E-state index in [1.54, 1.807) is 6.07 Å². The van der Waals surface area contributed by atoms with Crippen LogP contribution in [0, 0.1) is 24.0 Å². The summed E-state index contributed by atoms with van der Waals surface area (Å²) in [6.07, 6.45) is 0. The fraction of sp³-hybridized carbons (Fsp3) is 0.100. The van der Waals surface area contributed by atoms with Gasteiger partial charge in [0.15, 0.2) is 0 Å². The molecule has 0 heterocycles. The lowest BCUT2D eigenvalue weighted by molar-refractivity contribution is -0.385. The number of para-hydroxylation sites is 1. The maximum atomic E-state index is 11.5. The molecule has 3 aromatic rings. The largest absolute Gasteiger partial charge is 0.413 e. The number of nitro groups is 1. The highest BCUT2D eigenvalue weighted by atomic mass is 32.2. The van der Waals surface area contributed by atoms with Gasteiger partial charge in [-0.3, -0.25) is 10.1 Å². The van der Waals surface area contributed by atoms with Gasteiger partial charge in [0.05, 0.1) is 17.0 Å². The normalized spacial score (nSPS) is 10.5. The van der Waals surface area contributed by atoms with Gasteiger partial charge in [0.1, 0.15) is 0 Å². The number of nitro benzene ring substituents is 1. The van der Waals surface area contributed by atoms with E-state index in [2.05, 4.69) is 0 Å². The molecule has 0 fully saturated rings. The lowest BCUT2D eigenvalue weighted by atomic mass is 9.99. The van der Waals surface area contributed by atoms with Crippen molar-refractivity contribution >= 4 is 17.7 Å². The Balaban J connectivity index is 2.02. The van der Waals surface area contributed by atoms with Gasteiger partial charge in [-0.25, -0.2) is 0 Å². The van der Waals surface area contributed by atoms with Crippen LogP contribution in [0.2, 0.25) is 0 Å². The Hall–Kier alpha value is -2.79. The number of nitrogens with zero attached hydrogens (tertiary/aromatic N) is 1. The minimum absolute atomic E-state index is 0.0413. The molecule has 0 aliphatic rings. The van der Waals surface area contributed by atoms with Crippen molar-refractivity contribution in [2.24, 2.45) is 0 Å². The fourth-order valence-electron chi connectivity index (χ4n) is 2.53. The molecule has 4 nitrogen and oxygen atoms in total. The third kappa shape index (κ3) is 3.83. The molecular weight excluding hydrogens is 334 g/mol. The summed E-state index contributed by atoms with van der Waals surface area (Å²) in [4.78, 5) is 11.9. The molecule has 0 unspecified atom stereocenters. The molecular formula is C20H17NO3S. The van der Waals surface area contributed by atoms with Gasteiger partial charge in [-0.05, 0) is 37.1 Å². The quantitative estimate of drug-likeness (QED) is 0.323. The molecule has 0 atom stereocenters. The highest BCUT2D eigenvalue weighted by Crippen LogP contribution is 2.41. The molecule has 0 amide bonds. The first kappa shape index (κ1) is 17.0. The van der Waals surface area contributed by atoms with Gasteiger partial charge in [0.2, 0.25) is 5.75 Å². The number of hydrogen-bond donors (Lipinski definition) is 0. The molecule has 0 saturated carbocycles. The van der Waals surface area contributed by atoms with Crippen LogP contribution in [-0.4, -0.2) is 4.92 Å². The zero-order chi connectivity index (χ0) is 17.8. The lowest BCUT2D eigenvalue weighted by Gasteiger charge is -2.12. The van der Waals surface area contributed by atoms with Crippen LogP contribution in [0.5, 0.6) is 5.75 Å². The molecule has 3 rings (SSSR count).